The Balaban J connectivity index is 2.62. The van der Waals surface area contributed by atoms with Crippen molar-refractivity contribution in [2.75, 3.05) is 6.54 Å². The van der Waals surface area contributed by atoms with Crippen molar-refractivity contribution in [2.45, 2.75) is 59.5 Å². The molecular formula is C14H25N3O2. The quantitative estimate of drug-likeness (QED) is 0.793. The average molecular weight is 267 g/mol. The number of hydrogen-bond donors (Lipinski definition) is 2. The minimum Gasteiger partial charge on any atom is -0.480 e. The van der Waals surface area contributed by atoms with Crippen molar-refractivity contribution >= 4 is 5.97 Å². The lowest BCUT2D eigenvalue weighted by Gasteiger charge is -2.25. The lowest BCUT2D eigenvalue weighted by Crippen LogP contribution is -2.49. The minimum atomic E-state index is -0.847. The van der Waals surface area contributed by atoms with E-state index in [2.05, 4.69) is 24.3 Å². The summed E-state index contributed by atoms with van der Waals surface area (Å²) >= 11 is 0. The van der Waals surface area contributed by atoms with Gasteiger partial charge >= 0.3 is 5.97 Å². The van der Waals surface area contributed by atoms with Gasteiger partial charge in [-0.1, -0.05) is 6.92 Å². The molecule has 19 heavy (non-hydrogen) atoms. The predicted molar refractivity (Wildman–Crippen MR) is 75.4 cm³/mol. The van der Waals surface area contributed by atoms with Gasteiger partial charge in [0.1, 0.15) is 5.54 Å². The second kappa shape index (κ2) is 6.19. The van der Waals surface area contributed by atoms with Gasteiger partial charge in [0, 0.05) is 12.2 Å². The number of likely N-dealkylation sites (N-methyl/N-ethyl adjacent to an activating group) is 1. The summed E-state index contributed by atoms with van der Waals surface area (Å²) in [6.07, 6.45) is 1.38. The number of hydrogen-bond acceptors (Lipinski definition) is 3. The molecule has 2 N–H and O–H groups in total. The lowest BCUT2D eigenvalue weighted by atomic mass is 9.96. The Morgan fingerprint density at radius 1 is 1.42 bits per heavy atom. The molecule has 0 radical (unpaired) electrons. The Morgan fingerprint density at radius 2 is 2.05 bits per heavy atom. The molecule has 0 fully saturated rings. The first kappa shape index (κ1) is 15.7. The molecule has 0 bridgehead atoms. The Bertz CT molecular complexity index is 454. The smallest absolute Gasteiger partial charge is 0.323 e. The highest BCUT2D eigenvalue weighted by Crippen LogP contribution is 2.16. The van der Waals surface area contributed by atoms with Crippen LogP contribution in [0.1, 0.15) is 43.6 Å². The van der Waals surface area contributed by atoms with Crippen LogP contribution in [0, 0.1) is 20.8 Å². The second-order valence-electron chi connectivity index (χ2n) is 5.29. The Kier molecular flexibility index (Phi) is 5.11. The summed E-state index contributed by atoms with van der Waals surface area (Å²) in [7, 11) is 0. The highest BCUT2D eigenvalue weighted by atomic mass is 16.4. The van der Waals surface area contributed by atoms with Gasteiger partial charge in [0.2, 0.25) is 0 Å². The lowest BCUT2D eigenvalue weighted by molar-refractivity contribution is -0.144. The number of aromatic nitrogens is 2. The molecule has 1 heterocycles. The maximum atomic E-state index is 11.3. The molecule has 0 aromatic carbocycles. The summed E-state index contributed by atoms with van der Waals surface area (Å²) in [5, 5.41) is 16.8. The molecule has 0 aliphatic rings. The van der Waals surface area contributed by atoms with E-state index in [0.29, 0.717) is 13.0 Å². The maximum Gasteiger partial charge on any atom is 0.323 e. The first-order chi connectivity index (χ1) is 8.81. The molecule has 1 atom stereocenters. The fraction of sp³-hybridized carbons (Fsp3) is 0.714. The van der Waals surface area contributed by atoms with Crippen LogP contribution >= 0.6 is 0 Å². The van der Waals surface area contributed by atoms with E-state index >= 15 is 0 Å². The van der Waals surface area contributed by atoms with Crippen LogP contribution in [-0.2, 0) is 11.3 Å². The average Bonchev–Trinajstić information content (AvgIpc) is 2.57. The van der Waals surface area contributed by atoms with E-state index in [-0.39, 0.29) is 0 Å². The Labute approximate surface area is 115 Å². The van der Waals surface area contributed by atoms with Gasteiger partial charge in [-0.3, -0.25) is 9.48 Å². The number of carboxylic acid groups (broad SMARTS) is 1. The van der Waals surface area contributed by atoms with Crippen LogP contribution < -0.4 is 5.32 Å². The number of nitrogens with zero attached hydrogens (tertiary/aromatic N) is 2. The van der Waals surface area contributed by atoms with Crippen molar-refractivity contribution in [3.05, 3.63) is 17.0 Å². The molecule has 0 amide bonds. The summed E-state index contributed by atoms with van der Waals surface area (Å²) in [5.41, 5.74) is 2.58. The van der Waals surface area contributed by atoms with Crippen LogP contribution in [-0.4, -0.2) is 32.9 Å². The third kappa shape index (κ3) is 3.56. The summed E-state index contributed by atoms with van der Waals surface area (Å²) < 4.78 is 1.97. The summed E-state index contributed by atoms with van der Waals surface area (Å²) in [5.74, 6) is -0.793. The van der Waals surface area contributed by atoms with Crippen molar-refractivity contribution in [3.63, 3.8) is 0 Å². The predicted octanol–water partition coefficient (Wildman–Crippen LogP) is 2.04. The molecule has 0 spiro atoms. The molecule has 1 rings (SSSR count). The molecule has 0 aliphatic carbocycles. The van der Waals surface area contributed by atoms with Crippen molar-refractivity contribution in [1.29, 1.82) is 0 Å². The fourth-order valence-corrected chi connectivity index (χ4v) is 2.25. The summed E-state index contributed by atoms with van der Waals surface area (Å²) in [4.78, 5) is 11.3. The third-order valence-corrected chi connectivity index (χ3v) is 3.83. The number of carbonyl (C=O) groups is 1. The molecule has 1 unspecified atom stereocenters. The highest BCUT2D eigenvalue weighted by Gasteiger charge is 2.31. The van der Waals surface area contributed by atoms with Crippen molar-refractivity contribution in [3.8, 4) is 0 Å². The van der Waals surface area contributed by atoms with Crippen molar-refractivity contribution in [2.24, 2.45) is 0 Å². The molecule has 5 nitrogen and oxygen atoms in total. The highest BCUT2D eigenvalue weighted by molar-refractivity contribution is 5.78. The third-order valence-electron chi connectivity index (χ3n) is 3.83. The number of rotatable bonds is 7. The van der Waals surface area contributed by atoms with E-state index < -0.39 is 11.5 Å². The second-order valence-corrected chi connectivity index (χ2v) is 5.29. The van der Waals surface area contributed by atoms with E-state index in [1.165, 1.54) is 5.56 Å². The molecule has 0 aliphatic heterocycles. The number of nitrogens with one attached hydrogen (secondary N) is 1. The normalized spacial score (nSPS) is 14.4. The number of aryl methyl sites for hydroxylation is 2. The van der Waals surface area contributed by atoms with Gasteiger partial charge in [-0.15, -0.1) is 0 Å². The zero-order valence-corrected chi connectivity index (χ0v) is 12.6. The largest absolute Gasteiger partial charge is 0.480 e. The first-order valence-electron chi connectivity index (χ1n) is 6.81. The van der Waals surface area contributed by atoms with Crippen LogP contribution in [0.5, 0.6) is 0 Å². The van der Waals surface area contributed by atoms with Crippen LogP contribution in [0.15, 0.2) is 0 Å². The standard InChI is InChI=1S/C14H25N3O2/c1-6-15-14(5,13(18)19)8-7-9-17-12(4)10(2)11(3)16-17/h15H,6-9H2,1-5H3,(H,18,19). The number of carboxylic acids is 1. The SMILES string of the molecule is CCNC(C)(CCCn1nc(C)c(C)c1C)C(=O)O. The van der Waals surface area contributed by atoms with Crippen LogP contribution in [0.2, 0.25) is 0 Å². The fourth-order valence-electron chi connectivity index (χ4n) is 2.25. The van der Waals surface area contributed by atoms with Gasteiger partial charge in [0.25, 0.3) is 0 Å². The van der Waals surface area contributed by atoms with Gasteiger partial charge < -0.3 is 10.4 Å². The van der Waals surface area contributed by atoms with Gasteiger partial charge in [-0.2, -0.15) is 5.10 Å². The molecular weight excluding hydrogens is 242 g/mol. The Morgan fingerprint density at radius 3 is 2.47 bits per heavy atom. The van der Waals surface area contributed by atoms with Gasteiger partial charge in [0.05, 0.1) is 5.69 Å². The van der Waals surface area contributed by atoms with Gasteiger partial charge in [-0.25, -0.2) is 0 Å². The van der Waals surface area contributed by atoms with E-state index in [9.17, 15) is 9.90 Å². The van der Waals surface area contributed by atoms with Crippen molar-refractivity contribution in [1.82, 2.24) is 15.1 Å². The molecule has 1 aromatic heterocycles. The van der Waals surface area contributed by atoms with E-state index in [0.717, 1.165) is 24.4 Å². The van der Waals surface area contributed by atoms with Crippen LogP contribution in [0.3, 0.4) is 0 Å². The first-order valence-corrected chi connectivity index (χ1v) is 6.81. The summed E-state index contributed by atoms with van der Waals surface area (Å²) in [6.45, 7) is 11.2. The number of aliphatic carboxylic acids is 1. The summed E-state index contributed by atoms with van der Waals surface area (Å²) in [6, 6.07) is 0. The van der Waals surface area contributed by atoms with Crippen molar-refractivity contribution < 1.29 is 9.90 Å². The van der Waals surface area contributed by atoms with E-state index in [1.807, 2.05) is 18.5 Å². The van der Waals surface area contributed by atoms with E-state index in [1.54, 1.807) is 6.92 Å². The molecule has 1 aromatic rings. The van der Waals surface area contributed by atoms with Gasteiger partial charge in [-0.05, 0) is 52.6 Å². The maximum absolute atomic E-state index is 11.3. The zero-order chi connectivity index (χ0) is 14.6. The van der Waals surface area contributed by atoms with Crippen LogP contribution in [0.4, 0.5) is 0 Å². The minimum absolute atomic E-state index is 0.591. The molecule has 108 valence electrons. The molecule has 0 saturated carbocycles. The van der Waals surface area contributed by atoms with E-state index in [4.69, 9.17) is 0 Å². The Hall–Kier alpha value is -1.36. The zero-order valence-electron chi connectivity index (χ0n) is 12.6. The monoisotopic (exact) mass is 267 g/mol. The van der Waals surface area contributed by atoms with Gasteiger partial charge in [0.15, 0.2) is 0 Å². The molecule has 5 heteroatoms. The topological polar surface area (TPSA) is 67.2 Å². The van der Waals surface area contributed by atoms with Crippen LogP contribution in [0.25, 0.3) is 0 Å². The molecule has 0 saturated heterocycles.